The first-order valence-corrected chi connectivity index (χ1v) is 8.90. The number of hydrogen-bond donors (Lipinski definition) is 0. The summed E-state index contributed by atoms with van der Waals surface area (Å²) in [4.78, 5) is 17.0. The Balaban J connectivity index is 1.80. The molecule has 0 radical (unpaired) electrons. The summed E-state index contributed by atoms with van der Waals surface area (Å²) in [5, 5.41) is 0. The standard InChI is InChI=1S/C19H25F3N2O2/c1-23(2)16-8-7-13-10-24(3)11-15(16)17(13)26-18(25)12-5-4-6-14(9-12)19(20,21)22/h4-6,9,13,15-17H,7-8,10-11H2,1-3H3/t13?,15?,16-,17+/m0/s1. The zero-order chi connectivity index (χ0) is 19.1. The van der Waals surface area contributed by atoms with E-state index < -0.39 is 17.7 Å². The van der Waals surface area contributed by atoms with Gasteiger partial charge in [-0.25, -0.2) is 4.79 Å². The maximum absolute atomic E-state index is 12.9. The van der Waals surface area contributed by atoms with Crippen molar-refractivity contribution in [1.29, 1.82) is 0 Å². The molecule has 2 fully saturated rings. The summed E-state index contributed by atoms with van der Waals surface area (Å²) in [6.45, 7) is 1.66. The first-order chi connectivity index (χ1) is 12.2. The molecule has 0 N–H and O–H groups in total. The van der Waals surface area contributed by atoms with Crippen LogP contribution in [-0.2, 0) is 10.9 Å². The Morgan fingerprint density at radius 2 is 1.96 bits per heavy atom. The molecular weight excluding hydrogens is 345 g/mol. The quantitative estimate of drug-likeness (QED) is 0.766. The number of esters is 1. The molecule has 2 unspecified atom stereocenters. The van der Waals surface area contributed by atoms with Crippen LogP contribution in [0.5, 0.6) is 0 Å². The van der Waals surface area contributed by atoms with E-state index in [4.69, 9.17) is 4.74 Å². The van der Waals surface area contributed by atoms with Gasteiger partial charge in [0, 0.05) is 31.0 Å². The van der Waals surface area contributed by atoms with Crippen molar-refractivity contribution in [2.24, 2.45) is 11.8 Å². The van der Waals surface area contributed by atoms with Gasteiger partial charge in [-0.1, -0.05) is 6.07 Å². The van der Waals surface area contributed by atoms with E-state index in [1.54, 1.807) is 0 Å². The van der Waals surface area contributed by atoms with Crippen LogP contribution in [0.1, 0.15) is 28.8 Å². The van der Waals surface area contributed by atoms with Gasteiger partial charge < -0.3 is 14.5 Å². The van der Waals surface area contributed by atoms with E-state index in [1.165, 1.54) is 12.1 Å². The lowest BCUT2D eigenvalue weighted by Gasteiger charge is -2.50. The number of alkyl halides is 3. The first-order valence-electron chi connectivity index (χ1n) is 8.90. The van der Waals surface area contributed by atoms with Crippen molar-refractivity contribution in [3.8, 4) is 0 Å². The topological polar surface area (TPSA) is 32.8 Å². The molecule has 26 heavy (non-hydrogen) atoms. The lowest BCUT2D eigenvalue weighted by Crippen LogP contribution is -2.59. The fourth-order valence-corrected chi connectivity index (χ4v) is 4.43. The van der Waals surface area contributed by atoms with E-state index in [0.717, 1.165) is 38.1 Å². The molecule has 1 saturated carbocycles. The Hall–Kier alpha value is -1.60. The van der Waals surface area contributed by atoms with Crippen molar-refractivity contribution in [2.45, 2.75) is 31.2 Å². The number of halogens is 3. The van der Waals surface area contributed by atoms with Gasteiger partial charge in [0.05, 0.1) is 11.1 Å². The largest absolute Gasteiger partial charge is 0.458 e. The predicted octanol–water partition coefficient (Wildman–Crippen LogP) is 3.13. The lowest BCUT2D eigenvalue weighted by molar-refractivity contribution is -0.137. The highest BCUT2D eigenvalue weighted by atomic mass is 19.4. The van der Waals surface area contributed by atoms with E-state index in [0.29, 0.717) is 6.04 Å². The van der Waals surface area contributed by atoms with Gasteiger partial charge in [0.2, 0.25) is 0 Å². The maximum Gasteiger partial charge on any atom is 0.416 e. The lowest BCUT2D eigenvalue weighted by atomic mass is 9.72. The van der Waals surface area contributed by atoms with Crippen molar-refractivity contribution < 1.29 is 22.7 Å². The summed E-state index contributed by atoms with van der Waals surface area (Å²) in [5.74, 6) is -0.276. The number of fused-ring (bicyclic) bond motifs is 2. The summed E-state index contributed by atoms with van der Waals surface area (Å²) in [6, 6.07) is 4.76. The second-order valence-electron chi connectivity index (χ2n) is 7.70. The van der Waals surface area contributed by atoms with Crippen LogP contribution in [0.15, 0.2) is 24.3 Å². The van der Waals surface area contributed by atoms with E-state index in [2.05, 4.69) is 16.8 Å². The molecule has 1 aromatic rings. The van der Waals surface area contributed by atoms with Gasteiger partial charge in [-0.15, -0.1) is 0 Å². The van der Waals surface area contributed by atoms with E-state index >= 15 is 0 Å². The molecule has 0 aromatic heterocycles. The molecule has 3 rings (SSSR count). The van der Waals surface area contributed by atoms with Gasteiger partial charge in [0.25, 0.3) is 0 Å². The number of hydrogen-bond acceptors (Lipinski definition) is 4. The highest BCUT2D eigenvalue weighted by Gasteiger charge is 2.46. The molecule has 144 valence electrons. The average Bonchev–Trinajstić information content (AvgIpc) is 2.55. The highest BCUT2D eigenvalue weighted by Crippen LogP contribution is 2.39. The van der Waals surface area contributed by atoms with Crippen molar-refractivity contribution in [3.05, 3.63) is 35.4 Å². The third-order valence-electron chi connectivity index (χ3n) is 5.61. The zero-order valence-electron chi connectivity index (χ0n) is 15.3. The minimum Gasteiger partial charge on any atom is -0.458 e. The molecule has 1 heterocycles. The monoisotopic (exact) mass is 370 g/mol. The number of carbonyl (C=O) groups excluding carboxylic acids is 1. The van der Waals surface area contributed by atoms with Gasteiger partial charge in [0.15, 0.2) is 0 Å². The molecule has 1 aliphatic carbocycles. The number of rotatable bonds is 3. The SMILES string of the molecule is CN1CC2CC[C@H](N(C)C)C(C1)[C@@H]2OC(=O)c1cccc(C(F)(F)F)c1. The summed E-state index contributed by atoms with van der Waals surface area (Å²) in [6.07, 6.45) is -2.73. The highest BCUT2D eigenvalue weighted by molar-refractivity contribution is 5.89. The summed E-state index contributed by atoms with van der Waals surface area (Å²) < 4.78 is 44.5. The van der Waals surface area contributed by atoms with Gasteiger partial charge >= 0.3 is 12.1 Å². The van der Waals surface area contributed by atoms with Crippen LogP contribution in [0.2, 0.25) is 0 Å². The Kier molecular flexibility index (Phi) is 5.30. The van der Waals surface area contributed by atoms with Crippen LogP contribution in [-0.4, -0.2) is 62.1 Å². The molecular formula is C19H25F3N2O2. The predicted molar refractivity (Wildman–Crippen MR) is 91.8 cm³/mol. The smallest absolute Gasteiger partial charge is 0.416 e. The van der Waals surface area contributed by atoms with Gasteiger partial charge in [-0.05, 0) is 52.2 Å². The van der Waals surface area contributed by atoms with Crippen molar-refractivity contribution in [3.63, 3.8) is 0 Å². The fourth-order valence-electron chi connectivity index (χ4n) is 4.43. The number of carbonyl (C=O) groups is 1. The second kappa shape index (κ2) is 7.19. The number of benzene rings is 1. The van der Waals surface area contributed by atoms with E-state index in [1.807, 2.05) is 14.1 Å². The molecule has 1 saturated heterocycles. The summed E-state index contributed by atoms with van der Waals surface area (Å²) >= 11 is 0. The van der Waals surface area contributed by atoms with Gasteiger partial charge in [0.1, 0.15) is 6.10 Å². The van der Waals surface area contributed by atoms with Crippen LogP contribution >= 0.6 is 0 Å². The second-order valence-corrected chi connectivity index (χ2v) is 7.70. The molecule has 1 aliphatic heterocycles. The molecule has 4 atom stereocenters. The van der Waals surface area contributed by atoms with Crippen molar-refractivity contribution in [2.75, 3.05) is 34.2 Å². The molecule has 1 aromatic carbocycles. The van der Waals surface area contributed by atoms with Gasteiger partial charge in [-0.2, -0.15) is 13.2 Å². The van der Waals surface area contributed by atoms with E-state index in [9.17, 15) is 18.0 Å². The van der Waals surface area contributed by atoms with Crippen LogP contribution in [0, 0.1) is 11.8 Å². The van der Waals surface area contributed by atoms with E-state index in [-0.39, 0.29) is 23.5 Å². The van der Waals surface area contributed by atoms with Crippen LogP contribution in [0.4, 0.5) is 13.2 Å². The molecule has 0 spiro atoms. The number of piperidine rings is 1. The average molecular weight is 370 g/mol. The molecule has 0 amide bonds. The number of likely N-dealkylation sites (tertiary alicyclic amines) is 1. The summed E-state index contributed by atoms with van der Waals surface area (Å²) in [7, 11) is 6.10. The Morgan fingerprint density at radius 1 is 1.23 bits per heavy atom. The molecule has 4 nitrogen and oxygen atoms in total. The fraction of sp³-hybridized carbons (Fsp3) is 0.632. The third-order valence-corrected chi connectivity index (χ3v) is 5.61. The van der Waals surface area contributed by atoms with Crippen LogP contribution < -0.4 is 0 Å². The van der Waals surface area contributed by atoms with Crippen molar-refractivity contribution in [1.82, 2.24) is 9.80 Å². The van der Waals surface area contributed by atoms with Gasteiger partial charge in [-0.3, -0.25) is 0 Å². The zero-order valence-corrected chi connectivity index (χ0v) is 15.3. The summed E-state index contributed by atoms with van der Waals surface area (Å²) in [5.41, 5.74) is -0.875. The Labute approximate surface area is 151 Å². The third kappa shape index (κ3) is 3.88. The Morgan fingerprint density at radius 3 is 2.62 bits per heavy atom. The van der Waals surface area contributed by atoms with Crippen LogP contribution in [0.3, 0.4) is 0 Å². The molecule has 2 bridgehead atoms. The maximum atomic E-state index is 12.9. The molecule has 7 heteroatoms. The first kappa shape index (κ1) is 19.2. The normalized spacial score (nSPS) is 29.7. The molecule has 2 aliphatic rings. The Bertz CT molecular complexity index is 662. The minimum absolute atomic E-state index is 0.0433. The number of ether oxygens (including phenoxy) is 1. The van der Waals surface area contributed by atoms with Crippen LogP contribution in [0.25, 0.3) is 0 Å². The number of nitrogens with zero attached hydrogens (tertiary/aromatic N) is 2. The minimum atomic E-state index is -4.48. The van der Waals surface area contributed by atoms with Crippen molar-refractivity contribution >= 4 is 5.97 Å².